The van der Waals surface area contributed by atoms with Crippen molar-refractivity contribution in [3.05, 3.63) is 0 Å². The Bertz CT molecular complexity index is 379. The van der Waals surface area contributed by atoms with Gasteiger partial charge in [-0.25, -0.2) is 9.59 Å². The summed E-state index contributed by atoms with van der Waals surface area (Å²) < 4.78 is 0. The Morgan fingerprint density at radius 2 is 2.15 bits per heavy atom. The molecule has 2 amide bonds. The van der Waals surface area contributed by atoms with E-state index in [9.17, 15) is 19.8 Å². The summed E-state index contributed by atoms with van der Waals surface area (Å²) in [6.45, 7) is 2.94. The number of amides is 2. The number of piperidine rings is 1. The maximum Gasteiger partial charge on any atom is 0.327 e. The third kappa shape index (κ3) is 3.20. The lowest BCUT2D eigenvalue weighted by Gasteiger charge is -2.36. The zero-order chi connectivity index (χ0) is 14.7. The van der Waals surface area contributed by atoms with E-state index in [4.69, 9.17) is 0 Å². The molecule has 0 aromatic carbocycles. The van der Waals surface area contributed by atoms with Gasteiger partial charge in [0.05, 0.1) is 11.5 Å². The van der Waals surface area contributed by atoms with E-state index in [-0.39, 0.29) is 11.4 Å². The number of aliphatic hydroxyl groups excluding tert-OH is 1. The number of urea groups is 1. The predicted molar refractivity (Wildman–Crippen MR) is 76.6 cm³/mol. The lowest BCUT2D eigenvalue weighted by atomic mass is 10.1. The van der Waals surface area contributed by atoms with E-state index in [0.717, 1.165) is 19.3 Å². The Morgan fingerprint density at radius 1 is 1.40 bits per heavy atom. The fourth-order valence-corrected chi connectivity index (χ4v) is 4.28. The number of rotatable bonds is 3. The van der Waals surface area contributed by atoms with Crippen molar-refractivity contribution in [2.75, 3.05) is 18.8 Å². The Morgan fingerprint density at radius 3 is 2.75 bits per heavy atom. The number of hydrogen-bond donors (Lipinski definition) is 2. The standard InChI is InChI=1S/C13H22N2O4S/c1-2-4-11-15(10(8-20-11)12(17)18)13(19)14-6-3-5-9(16)7-14/h9-11,16H,2-8H2,1H3,(H,17,18). The zero-order valence-corrected chi connectivity index (χ0v) is 12.5. The van der Waals surface area contributed by atoms with Gasteiger partial charge in [0.15, 0.2) is 0 Å². The number of carbonyl (C=O) groups excluding carboxylic acids is 1. The first-order valence-corrected chi connectivity index (χ1v) is 8.19. The van der Waals surface area contributed by atoms with Gasteiger partial charge in [-0.15, -0.1) is 11.8 Å². The number of likely N-dealkylation sites (tertiary alicyclic amines) is 1. The summed E-state index contributed by atoms with van der Waals surface area (Å²) >= 11 is 1.54. The molecule has 2 aliphatic heterocycles. The summed E-state index contributed by atoms with van der Waals surface area (Å²) in [7, 11) is 0. The van der Waals surface area contributed by atoms with Crippen LogP contribution in [0.15, 0.2) is 0 Å². The number of aliphatic hydroxyl groups is 1. The van der Waals surface area contributed by atoms with Gasteiger partial charge in [0.2, 0.25) is 0 Å². The molecule has 20 heavy (non-hydrogen) atoms. The second-order valence-corrected chi connectivity index (χ2v) is 6.57. The third-order valence-corrected chi connectivity index (χ3v) is 5.16. The van der Waals surface area contributed by atoms with E-state index in [2.05, 4.69) is 0 Å². The number of carbonyl (C=O) groups is 2. The van der Waals surface area contributed by atoms with Gasteiger partial charge in [-0.05, 0) is 19.3 Å². The van der Waals surface area contributed by atoms with E-state index in [1.54, 1.807) is 4.90 Å². The molecule has 7 heteroatoms. The molecule has 2 fully saturated rings. The van der Waals surface area contributed by atoms with Crippen molar-refractivity contribution in [2.24, 2.45) is 0 Å². The minimum atomic E-state index is -0.943. The number of hydrogen-bond acceptors (Lipinski definition) is 4. The van der Waals surface area contributed by atoms with Gasteiger partial charge in [-0.1, -0.05) is 13.3 Å². The molecule has 2 N–H and O–H groups in total. The highest BCUT2D eigenvalue weighted by Crippen LogP contribution is 2.33. The number of carboxylic acid groups (broad SMARTS) is 1. The Kier molecular flexibility index (Phi) is 5.15. The van der Waals surface area contributed by atoms with Gasteiger partial charge in [0, 0.05) is 18.8 Å². The summed E-state index contributed by atoms with van der Waals surface area (Å²) in [5.41, 5.74) is 0. The number of aliphatic carboxylic acids is 1. The minimum absolute atomic E-state index is 0.0623. The lowest BCUT2D eigenvalue weighted by molar-refractivity contribution is -0.141. The highest BCUT2D eigenvalue weighted by Gasteiger charge is 2.43. The minimum Gasteiger partial charge on any atom is -0.480 e. The summed E-state index contributed by atoms with van der Waals surface area (Å²) in [5.74, 6) is -0.496. The molecule has 2 saturated heterocycles. The van der Waals surface area contributed by atoms with Gasteiger partial charge in [-0.2, -0.15) is 0 Å². The maximum atomic E-state index is 12.6. The average Bonchev–Trinajstić information content (AvgIpc) is 2.82. The first-order valence-electron chi connectivity index (χ1n) is 7.14. The molecule has 3 atom stereocenters. The summed E-state index contributed by atoms with van der Waals surface area (Å²) in [4.78, 5) is 27.1. The van der Waals surface area contributed by atoms with Crippen LogP contribution in [0.3, 0.4) is 0 Å². The van der Waals surface area contributed by atoms with Crippen molar-refractivity contribution in [1.29, 1.82) is 0 Å². The molecule has 2 aliphatic rings. The van der Waals surface area contributed by atoms with Crippen LogP contribution in [-0.2, 0) is 4.79 Å². The monoisotopic (exact) mass is 302 g/mol. The van der Waals surface area contributed by atoms with Crippen molar-refractivity contribution in [2.45, 2.75) is 50.1 Å². The summed E-state index contributed by atoms with van der Waals surface area (Å²) in [6, 6.07) is -0.984. The van der Waals surface area contributed by atoms with Gasteiger partial charge >= 0.3 is 12.0 Å². The van der Waals surface area contributed by atoms with Crippen molar-refractivity contribution in [3.63, 3.8) is 0 Å². The third-order valence-electron chi connectivity index (χ3n) is 3.80. The first-order chi connectivity index (χ1) is 9.54. The topological polar surface area (TPSA) is 81.1 Å². The Labute approximate surface area is 123 Å². The SMILES string of the molecule is CCCC1SCC(C(=O)O)N1C(=O)N1CCCC(O)C1. The Hall–Kier alpha value is -0.950. The molecule has 0 aliphatic carbocycles. The van der Waals surface area contributed by atoms with Crippen LogP contribution in [0, 0.1) is 0 Å². The van der Waals surface area contributed by atoms with Crippen molar-refractivity contribution in [3.8, 4) is 0 Å². The van der Waals surface area contributed by atoms with E-state index >= 15 is 0 Å². The van der Waals surface area contributed by atoms with E-state index in [1.807, 2.05) is 6.92 Å². The normalized spacial score (nSPS) is 30.6. The van der Waals surface area contributed by atoms with Crippen LogP contribution in [0.1, 0.15) is 32.6 Å². The van der Waals surface area contributed by atoms with Crippen molar-refractivity contribution < 1.29 is 19.8 Å². The van der Waals surface area contributed by atoms with Crippen LogP contribution in [0.4, 0.5) is 4.79 Å². The fraction of sp³-hybridized carbons (Fsp3) is 0.846. The van der Waals surface area contributed by atoms with Crippen molar-refractivity contribution in [1.82, 2.24) is 9.80 Å². The van der Waals surface area contributed by atoms with E-state index < -0.39 is 18.1 Å². The van der Waals surface area contributed by atoms with Gasteiger partial charge in [0.1, 0.15) is 6.04 Å². The number of carboxylic acids is 1. The largest absolute Gasteiger partial charge is 0.480 e. The van der Waals surface area contributed by atoms with Crippen LogP contribution in [-0.4, -0.2) is 68.4 Å². The second-order valence-electron chi connectivity index (χ2n) is 5.36. The van der Waals surface area contributed by atoms with Crippen LogP contribution < -0.4 is 0 Å². The van der Waals surface area contributed by atoms with Gasteiger partial charge < -0.3 is 15.1 Å². The Balaban J connectivity index is 2.11. The zero-order valence-electron chi connectivity index (χ0n) is 11.7. The highest BCUT2D eigenvalue weighted by atomic mass is 32.2. The number of nitrogens with zero attached hydrogens (tertiary/aromatic N) is 2. The quantitative estimate of drug-likeness (QED) is 0.818. The van der Waals surface area contributed by atoms with Crippen LogP contribution in [0.5, 0.6) is 0 Å². The summed E-state index contributed by atoms with van der Waals surface area (Å²) in [5, 5.41) is 18.9. The van der Waals surface area contributed by atoms with Gasteiger partial charge in [-0.3, -0.25) is 4.90 Å². The van der Waals surface area contributed by atoms with E-state index in [1.165, 1.54) is 16.7 Å². The molecule has 2 rings (SSSR count). The molecule has 0 bridgehead atoms. The van der Waals surface area contributed by atoms with Crippen molar-refractivity contribution >= 4 is 23.8 Å². The average molecular weight is 302 g/mol. The molecular weight excluding hydrogens is 280 g/mol. The van der Waals surface area contributed by atoms with Crippen LogP contribution >= 0.6 is 11.8 Å². The smallest absolute Gasteiger partial charge is 0.327 e. The number of thioether (sulfide) groups is 1. The molecule has 0 aromatic heterocycles. The second kappa shape index (κ2) is 6.67. The molecule has 6 nitrogen and oxygen atoms in total. The highest BCUT2D eigenvalue weighted by molar-refractivity contribution is 8.00. The lowest BCUT2D eigenvalue weighted by Crippen LogP contribution is -2.54. The molecule has 0 aromatic rings. The number of β-amino-alcohol motifs (C(OH)–C–C–N with tert-alkyl or cyclic N) is 1. The first kappa shape index (κ1) is 15.4. The molecular formula is C13H22N2O4S. The van der Waals surface area contributed by atoms with Crippen LogP contribution in [0.2, 0.25) is 0 Å². The molecule has 0 radical (unpaired) electrons. The molecule has 114 valence electrons. The maximum absolute atomic E-state index is 12.6. The molecule has 0 saturated carbocycles. The molecule has 2 heterocycles. The molecule has 3 unspecified atom stereocenters. The predicted octanol–water partition coefficient (Wildman–Crippen LogP) is 1.19. The van der Waals surface area contributed by atoms with Crippen LogP contribution in [0.25, 0.3) is 0 Å². The summed E-state index contributed by atoms with van der Waals surface area (Å²) in [6.07, 6.45) is 2.70. The van der Waals surface area contributed by atoms with E-state index in [0.29, 0.717) is 25.3 Å². The molecule has 0 spiro atoms. The van der Waals surface area contributed by atoms with Gasteiger partial charge in [0.25, 0.3) is 0 Å². The fourth-order valence-electron chi connectivity index (χ4n) is 2.77.